The van der Waals surface area contributed by atoms with E-state index in [4.69, 9.17) is 5.73 Å². The molecule has 1 heterocycles. The molecule has 1 atom stereocenters. The number of carbonyl (C=O) groups excluding carboxylic acids is 1. The Morgan fingerprint density at radius 1 is 1.41 bits per heavy atom. The Hall–Kier alpha value is -0.570. The number of nitrogens with two attached hydrogens (primary N) is 1. The highest BCUT2D eigenvalue weighted by Crippen LogP contribution is 2.29. The first-order chi connectivity index (χ1) is 7.98. The summed E-state index contributed by atoms with van der Waals surface area (Å²) in [6, 6.07) is 0. The van der Waals surface area contributed by atoms with Crippen molar-refractivity contribution in [1.29, 1.82) is 0 Å². The number of hydrogen-bond acceptors (Lipinski definition) is 2. The maximum atomic E-state index is 12.1. The van der Waals surface area contributed by atoms with E-state index in [2.05, 4.69) is 20.8 Å². The third-order valence-corrected chi connectivity index (χ3v) is 3.95. The van der Waals surface area contributed by atoms with Gasteiger partial charge in [-0.3, -0.25) is 4.79 Å². The number of hydrogen-bond donors (Lipinski definition) is 1. The molecule has 0 aromatic carbocycles. The highest BCUT2D eigenvalue weighted by Gasteiger charge is 2.31. The number of rotatable bonds is 6. The molecular weight excluding hydrogens is 212 g/mol. The molecule has 3 nitrogen and oxygen atoms in total. The average Bonchev–Trinajstić information content (AvgIpc) is 2.64. The highest BCUT2D eigenvalue weighted by atomic mass is 16.2. The second-order valence-electron chi connectivity index (χ2n) is 6.12. The van der Waals surface area contributed by atoms with Gasteiger partial charge in [-0.1, -0.05) is 27.2 Å². The van der Waals surface area contributed by atoms with Gasteiger partial charge in [-0.15, -0.1) is 0 Å². The predicted octanol–water partition coefficient (Wildman–Crippen LogP) is 2.40. The smallest absolute Gasteiger partial charge is 0.222 e. The second kappa shape index (κ2) is 6.39. The molecule has 0 radical (unpaired) electrons. The molecule has 2 N–H and O–H groups in total. The van der Waals surface area contributed by atoms with Crippen LogP contribution in [0.25, 0.3) is 0 Å². The summed E-state index contributed by atoms with van der Waals surface area (Å²) in [6.45, 7) is 9.28. The fourth-order valence-corrected chi connectivity index (χ4v) is 2.60. The van der Waals surface area contributed by atoms with Gasteiger partial charge in [0.15, 0.2) is 0 Å². The van der Waals surface area contributed by atoms with Gasteiger partial charge in [0.1, 0.15) is 0 Å². The summed E-state index contributed by atoms with van der Waals surface area (Å²) < 4.78 is 0. The minimum atomic E-state index is 0.317. The number of likely N-dealkylation sites (tertiary alicyclic amines) is 1. The summed E-state index contributed by atoms with van der Waals surface area (Å²) in [4.78, 5) is 14.1. The molecule has 0 aromatic rings. The van der Waals surface area contributed by atoms with Gasteiger partial charge < -0.3 is 10.6 Å². The molecular formula is C14H28N2O. The summed E-state index contributed by atoms with van der Waals surface area (Å²) in [6.07, 6.45) is 5.03. The van der Waals surface area contributed by atoms with Crippen LogP contribution in [0.1, 0.15) is 52.9 Å². The van der Waals surface area contributed by atoms with E-state index >= 15 is 0 Å². The molecule has 1 aliphatic rings. The van der Waals surface area contributed by atoms with Gasteiger partial charge in [-0.2, -0.15) is 0 Å². The summed E-state index contributed by atoms with van der Waals surface area (Å²) >= 11 is 0. The minimum absolute atomic E-state index is 0.317. The Morgan fingerprint density at radius 3 is 2.59 bits per heavy atom. The number of amides is 1. The predicted molar refractivity (Wildman–Crippen MR) is 71.7 cm³/mol. The Morgan fingerprint density at radius 2 is 2.12 bits per heavy atom. The van der Waals surface area contributed by atoms with Crippen molar-refractivity contribution in [1.82, 2.24) is 4.90 Å². The lowest BCUT2D eigenvalue weighted by molar-refractivity contribution is -0.130. The van der Waals surface area contributed by atoms with E-state index in [1.807, 2.05) is 4.90 Å². The van der Waals surface area contributed by atoms with Gasteiger partial charge in [0, 0.05) is 19.5 Å². The van der Waals surface area contributed by atoms with E-state index in [-0.39, 0.29) is 0 Å². The fourth-order valence-electron chi connectivity index (χ4n) is 2.60. The molecule has 0 bridgehead atoms. The van der Waals surface area contributed by atoms with Crippen molar-refractivity contribution >= 4 is 5.91 Å². The van der Waals surface area contributed by atoms with Gasteiger partial charge in [-0.25, -0.2) is 0 Å². The maximum absolute atomic E-state index is 12.1. The monoisotopic (exact) mass is 240 g/mol. The first-order valence-electron chi connectivity index (χ1n) is 6.96. The van der Waals surface area contributed by atoms with Crippen LogP contribution in [0.4, 0.5) is 0 Å². The van der Waals surface area contributed by atoms with Crippen LogP contribution < -0.4 is 5.73 Å². The molecule has 1 saturated heterocycles. The quantitative estimate of drug-likeness (QED) is 0.775. The van der Waals surface area contributed by atoms with E-state index in [0.717, 1.165) is 45.3 Å². The van der Waals surface area contributed by atoms with Crippen LogP contribution in [-0.4, -0.2) is 30.4 Å². The van der Waals surface area contributed by atoms with Crippen LogP contribution in [0.15, 0.2) is 0 Å². The first kappa shape index (κ1) is 14.5. The molecule has 0 saturated carbocycles. The highest BCUT2D eigenvalue weighted by molar-refractivity contribution is 5.76. The van der Waals surface area contributed by atoms with Crippen LogP contribution >= 0.6 is 0 Å². The molecule has 0 aromatic heterocycles. The molecule has 1 amide bonds. The van der Waals surface area contributed by atoms with Gasteiger partial charge in [0.2, 0.25) is 5.91 Å². The second-order valence-corrected chi connectivity index (χ2v) is 6.12. The molecule has 1 fully saturated rings. The van der Waals surface area contributed by atoms with Crippen molar-refractivity contribution in [3.63, 3.8) is 0 Å². The van der Waals surface area contributed by atoms with E-state index in [1.165, 1.54) is 0 Å². The van der Waals surface area contributed by atoms with Crippen molar-refractivity contribution in [2.45, 2.75) is 52.9 Å². The van der Waals surface area contributed by atoms with E-state index in [1.54, 1.807) is 0 Å². The Bertz CT molecular complexity index is 251. The summed E-state index contributed by atoms with van der Waals surface area (Å²) in [5.74, 6) is 0.964. The topological polar surface area (TPSA) is 46.3 Å². The summed E-state index contributed by atoms with van der Waals surface area (Å²) in [7, 11) is 0. The molecule has 1 unspecified atom stereocenters. The third kappa shape index (κ3) is 4.66. The van der Waals surface area contributed by atoms with Crippen LogP contribution in [-0.2, 0) is 4.79 Å². The molecule has 0 aliphatic carbocycles. The number of carbonyl (C=O) groups is 1. The number of nitrogens with zero attached hydrogens (tertiary/aromatic N) is 1. The van der Waals surface area contributed by atoms with Crippen LogP contribution in [0.5, 0.6) is 0 Å². The van der Waals surface area contributed by atoms with Gasteiger partial charge in [-0.05, 0) is 37.1 Å². The Labute approximate surface area is 106 Å². The van der Waals surface area contributed by atoms with Crippen molar-refractivity contribution in [2.75, 3.05) is 19.6 Å². The zero-order valence-corrected chi connectivity index (χ0v) is 11.7. The zero-order chi connectivity index (χ0) is 12.9. The first-order valence-corrected chi connectivity index (χ1v) is 6.96. The van der Waals surface area contributed by atoms with Crippen molar-refractivity contribution < 1.29 is 4.79 Å². The minimum Gasteiger partial charge on any atom is -0.342 e. The molecule has 17 heavy (non-hydrogen) atoms. The molecule has 100 valence electrons. The normalized spacial score (nSPS) is 20.6. The van der Waals surface area contributed by atoms with Crippen molar-refractivity contribution in [3.05, 3.63) is 0 Å². The standard InChI is InChI=1S/C14H28N2O/c1-4-12(7-9-15)5-6-13(17)16-10-8-14(2,3)11-16/h12H,4-11,15H2,1-3H3. The largest absolute Gasteiger partial charge is 0.342 e. The van der Waals surface area contributed by atoms with E-state index < -0.39 is 0 Å². The van der Waals surface area contributed by atoms with Crippen molar-refractivity contribution in [3.8, 4) is 0 Å². The molecule has 1 rings (SSSR count). The van der Waals surface area contributed by atoms with Crippen LogP contribution in [0.3, 0.4) is 0 Å². The zero-order valence-electron chi connectivity index (χ0n) is 11.7. The molecule has 3 heteroatoms. The van der Waals surface area contributed by atoms with E-state index in [9.17, 15) is 4.79 Å². The molecule has 1 aliphatic heterocycles. The maximum Gasteiger partial charge on any atom is 0.222 e. The Balaban J connectivity index is 2.30. The van der Waals surface area contributed by atoms with Crippen LogP contribution in [0, 0.1) is 11.3 Å². The molecule has 0 spiro atoms. The average molecular weight is 240 g/mol. The van der Waals surface area contributed by atoms with Gasteiger partial charge >= 0.3 is 0 Å². The van der Waals surface area contributed by atoms with E-state index in [0.29, 0.717) is 23.7 Å². The van der Waals surface area contributed by atoms with Gasteiger partial charge in [0.05, 0.1) is 0 Å². The fraction of sp³-hybridized carbons (Fsp3) is 0.929. The summed E-state index contributed by atoms with van der Waals surface area (Å²) in [5.41, 5.74) is 5.89. The lowest BCUT2D eigenvalue weighted by Gasteiger charge is -2.21. The van der Waals surface area contributed by atoms with Crippen molar-refractivity contribution in [2.24, 2.45) is 17.1 Å². The lowest BCUT2D eigenvalue weighted by Crippen LogP contribution is -2.30. The van der Waals surface area contributed by atoms with Gasteiger partial charge in [0.25, 0.3) is 0 Å². The SMILES string of the molecule is CCC(CCN)CCC(=O)N1CCC(C)(C)C1. The lowest BCUT2D eigenvalue weighted by atomic mass is 9.93. The summed E-state index contributed by atoms with van der Waals surface area (Å²) in [5, 5.41) is 0. The Kier molecular flexibility index (Phi) is 5.44. The van der Waals surface area contributed by atoms with Crippen LogP contribution in [0.2, 0.25) is 0 Å². The third-order valence-electron chi connectivity index (χ3n) is 3.95.